The molecule has 1 aromatic rings. The Bertz CT molecular complexity index is 472. The van der Waals surface area contributed by atoms with Gasteiger partial charge in [0.15, 0.2) is 11.5 Å². The van der Waals surface area contributed by atoms with Crippen LogP contribution in [0.5, 0.6) is 11.5 Å². The Morgan fingerprint density at radius 1 is 1.27 bits per heavy atom. The second-order valence-corrected chi connectivity index (χ2v) is 4.57. The lowest BCUT2D eigenvalue weighted by atomic mass is 10.3. The lowest BCUT2D eigenvalue weighted by molar-refractivity contribution is 0.354. The van der Waals surface area contributed by atoms with Crippen LogP contribution in [0.4, 0.5) is 0 Å². The zero-order valence-electron chi connectivity index (χ0n) is 8.15. The van der Waals surface area contributed by atoms with E-state index in [-0.39, 0.29) is 15.7 Å². The van der Waals surface area contributed by atoms with E-state index in [1.54, 1.807) is 0 Å². The first-order valence-corrected chi connectivity index (χ1v) is 5.77. The van der Waals surface area contributed by atoms with Gasteiger partial charge in [-0.2, -0.15) is 0 Å². The van der Waals surface area contributed by atoms with E-state index in [1.165, 1.54) is 26.4 Å². The van der Waals surface area contributed by atoms with Gasteiger partial charge in [-0.25, -0.2) is 13.6 Å². The minimum absolute atomic E-state index is 0.0839. The van der Waals surface area contributed by atoms with Crippen LogP contribution in [0.25, 0.3) is 0 Å². The van der Waals surface area contributed by atoms with Crippen molar-refractivity contribution < 1.29 is 17.9 Å². The van der Waals surface area contributed by atoms with Gasteiger partial charge >= 0.3 is 0 Å². The zero-order chi connectivity index (χ0) is 11.6. The van der Waals surface area contributed by atoms with E-state index in [0.29, 0.717) is 5.75 Å². The third kappa shape index (κ3) is 2.34. The molecule has 2 N–H and O–H groups in total. The third-order valence-corrected chi connectivity index (χ3v) is 3.20. The van der Waals surface area contributed by atoms with Crippen molar-refractivity contribution in [1.29, 1.82) is 0 Å². The topological polar surface area (TPSA) is 78.6 Å². The van der Waals surface area contributed by atoms with Gasteiger partial charge in [0.2, 0.25) is 10.0 Å². The fourth-order valence-corrected chi connectivity index (χ4v) is 2.25. The van der Waals surface area contributed by atoms with Crippen LogP contribution in [0.15, 0.2) is 17.0 Å². The van der Waals surface area contributed by atoms with E-state index in [9.17, 15) is 8.42 Å². The Hall–Kier alpha value is -0.980. The molecular formula is C8H10ClNO4S. The maximum Gasteiger partial charge on any atom is 0.239 e. The number of rotatable bonds is 3. The average Bonchev–Trinajstić information content (AvgIpc) is 2.15. The molecule has 0 unspecified atom stereocenters. The summed E-state index contributed by atoms with van der Waals surface area (Å²) in [6.45, 7) is 0. The molecule has 0 aliphatic carbocycles. The van der Waals surface area contributed by atoms with Crippen LogP contribution in [-0.2, 0) is 10.0 Å². The van der Waals surface area contributed by atoms with Crippen LogP contribution in [0.2, 0.25) is 5.02 Å². The molecule has 0 atom stereocenters. The number of hydrogen-bond donors (Lipinski definition) is 1. The smallest absolute Gasteiger partial charge is 0.239 e. The number of methoxy groups -OCH3 is 2. The Morgan fingerprint density at radius 3 is 2.27 bits per heavy atom. The van der Waals surface area contributed by atoms with Crippen molar-refractivity contribution in [2.75, 3.05) is 14.2 Å². The third-order valence-electron chi connectivity index (χ3n) is 1.76. The van der Waals surface area contributed by atoms with Gasteiger partial charge in [0.1, 0.15) is 9.92 Å². The predicted molar refractivity (Wildman–Crippen MR) is 55.9 cm³/mol. The van der Waals surface area contributed by atoms with Crippen molar-refractivity contribution in [2.45, 2.75) is 4.90 Å². The number of hydrogen-bond acceptors (Lipinski definition) is 4. The highest BCUT2D eigenvalue weighted by molar-refractivity contribution is 7.89. The second-order valence-electron chi connectivity index (χ2n) is 2.66. The van der Waals surface area contributed by atoms with Crippen LogP contribution in [0.3, 0.4) is 0 Å². The fraction of sp³-hybridized carbons (Fsp3) is 0.250. The van der Waals surface area contributed by atoms with Gasteiger partial charge in [-0.05, 0) is 12.1 Å². The van der Waals surface area contributed by atoms with Crippen LogP contribution >= 0.6 is 11.6 Å². The summed E-state index contributed by atoms with van der Waals surface area (Å²) in [4.78, 5) is -0.193. The highest BCUT2D eigenvalue weighted by Crippen LogP contribution is 2.38. The van der Waals surface area contributed by atoms with E-state index >= 15 is 0 Å². The van der Waals surface area contributed by atoms with E-state index in [0.717, 1.165) is 0 Å². The predicted octanol–water partition coefficient (Wildman–Crippen LogP) is 1.00. The van der Waals surface area contributed by atoms with Gasteiger partial charge in [0.05, 0.1) is 14.2 Å². The summed E-state index contributed by atoms with van der Waals surface area (Å²) >= 11 is 5.81. The molecule has 0 heterocycles. The molecule has 0 bridgehead atoms. The molecule has 0 aromatic heterocycles. The molecular weight excluding hydrogens is 242 g/mol. The van der Waals surface area contributed by atoms with Gasteiger partial charge in [0, 0.05) is 0 Å². The molecule has 1 aromatic carbocycles. The molecule has 0 radical (unpaired) electrons. The van der Waals surface area contributed by atoms with Crippen LogP contribution < -0.4 is 14.6 Å². The van der Waals surface area contributed by atoms with E-state index in [4.69, 9.17) is 26.2 Å². The Labute approximate surface area is 92.8 Å². The highest BCUT2D eigenvalue weighted by atomic mass is 35.5. The Balaban J connectivity index is 3.50. The molecule has 0 fully saturated rings. The van der Waals surface area contributed by atoms with E-state index in [1.807, 2.05) is 0 Å². The van der Waals surface area contributed by atoms with Gasteiger partial charge < -0.3 is 9.47 Å². The molecule has 0 saturated heterocycles. The zero-order valence-corrected chi connectivity index (χ0v) is 9.72. The summed E-state index contributed by atoms with van der Waals surface area (Å²) in [7, 11) is -1.08. The van der Waals surface area contributed by atoms with Crippen LogP contribution in [-0.4, -0.2) is 22.6 Å². The summed E-state index contributed by atoms with van der Waals surface area (Å²) in [5.74, 6) is 0.487. The average molecular weight is 252 g/mol. The largest absolute Gasteiger partial charge is 0.493 e. The summed E-state index contributed by atoms with van der Waals surface area (Å²) < 4.78 is 32.1. The summed E-state index contributed by atoms with van der Waals surface area (Å²) in [5, 5.41) is 4.88. The first kappa shape index (κ1) is 12.1. The first-order chi connectivity index (χ1) is 6.91. The minimum atomic E-state index is -3.86. The summed E-state index contributed by atoms with van der Waals surface area (Å²) in [6.07, 6.45) is 0. The number of primary sulfonamides is 1. The minimum Gasteiger partial charge on any atom is -0.493 e. The molecule has 7 heteroatoms. The first-order valence-electron chi connectivity index (χ1n) is 3.85. The van der Waals surface area contributed by atoms with Gasteiger partial charge in [-0.1, -0.05) is 11.6 Å². The van der Waals surface area contributed by atoms with Gasteiger partial charge in [-0.3, -0.25) is 0 Å². The molecule has 0 saturated carbocycles. The van der Waals surface area contributed by atoms with Crippen molar-refractivity contribution in [1.82, 2.24) is 0 Å². The van der Waals surface area contributed by atoms with Crippen molar-refractivity contribution in [2.24, 2.45) is 5.14 Å². The summed E-state index contributed by atoms with van der Waals surface area (Å²) in [6, 6.07) is 2.68. The van der Waals surface area contributed by atoms with Gasteiger partial charge in [-0.15, -0.1) is 0 Å². The van der Waals surface area contributed by atoms with Crippen molar-refractivity contribution in [3.63, 3.8) is 0 Å². The number of ether oxygens (including phenoxy) is 2. The van der Waals surface area contributed by atoms with Crippen molar-refractivity contribution in [3.05, 3.63) is 17.2 Å². The Kier molecular flexibility index (Phi) is 3.43. The molecule has 5 nitrogen and oxygen atoms in total. The normalized spacial score (nSPS) is 11.2. The monoisotopic (exact) mass is 251 g/mol. The number of halogens is 1. The van der Waals surface area contributed by atoms with E-state index in [2.05, 4.69) is 0 Å². The number of nitrogens with two attached hydrogens (primary N) is 1. The molecule has 1 rings (SSSR count). The lowest BCUT2D eigenvalue weighted by Crippen LogP contribution is -2.13. The number of benzene rings is 1. The molecule has 0 amide bonds. The number of sulfonamides is 1. The standard InChI is InChI=1S/C8H10ClNO4S/c1-13-5-3-4-6(15(10,11)12)7(9)8(5)14-2/h3-4H,1-2H3,(H2,10,11,12). The second kappa shape index (κ2) is 4.26. The molecule has 15 heavy (non-hydrogen) atoms. The maximum atomic E-state index is 11.1. The van der Waals surface area contributed by atoms with Crippen LogP contribution in [0.1, 0.15) is 0 Å². The Morgan fingerprint density at radius 2 is 1.87 bits per heavy atom. The highest BCUT2D eigenvalue weighted by Gasteiger charge is 2.19. The molecule has 0 aliphatic heterocycles. The molecule has 0 spiro atoms. The van der Waals surface area contributed by atoms with Gasteiger partial charge in [0.25, 0.3) is 0 Å². The lowest BCUT2D eigenvalue weighted by Gasteiger charge is -2.11. The fourth-order valence-electron chi connectivity index (χ4n) is 1.09. The quantitative estimate of drug-likeness (QED) is 0.869. The molecule has 0 aliphatic rings. The van der Waals surface area contributed by atoms with E-state index < -0.39 is 10.0 Å². The maximum absolute atomic E-state index is 11.1. The summed E-state index contributed by atoms with van der Waals surface area (Å²) in [5.41, 5.74) is 0. The molecule has 84 valence electrons. The van der Waals surface area contributed by atoms with Crippen molar-refractivity contribution in [3.8, 4) is 11.5 Å². The van der Waals surface area contributed by atoms with Crippen molar-refractivity contribution >= 4 is 21.6 Å². The SMILES string of the molecule is COc1ccc(S(N)(=O)=O)c(Cl)c1OC. The van der Waals surface area contributed by atoms with Crippen LogP contribution in [0, 0.1) is 0 Å².